The summed E-state index contributed by atoms with van der Waals surface area (Å²) in [5, 5.41) is 9.78. The van der Waals surface area contributed by atoms with Crippen molar-refractivity contribution >= 4 is 10.9 Å². The summed E-state index contributed by atoms with van der Waals surface area (Å²) >= 11 is 0. The average Bonchev–Trinajstić information content (AvgIpc) is 2.41. The molecule has 4 nitrogen and oxygen atoms in total. The molecular formula is C15H12N2O2. The van der Waals surface area contributed by atoms with E-state index in [2.05, 4.69) is 9.97 Å². The fourth-order valence-corrected chi connectivity index (χ4v) is 2.05. The third-order valence-electron chi connectivity index (χ3n) is 2.95. The van der Waals surface area contributed by atoms with Gasteiger partial charge in [-0.15, -0.1) is 0 Å². The number of aromatic amines is 1. The van der Waals surface area contributed by atoms with Crippen LogP contribution in [0.15, 0.2) is 53.3 Å². The van der Waals surface area contributed by atoms with E-state index in [1.54, 1.807) is 6.07 Å². The van der Waals surface area contributed by atoms with Crippen LogP contribution in [0.2, 0.25) is 0 Å². The molecule has 0 atom stereocenters. The number of aromatic nitrogens is 2. The topological polar surface area (TPSA) is 66.0 Å². The molecule has 0 saturated heterocycles. The quantitative estimate of drug-likeness (QED) is 0.735. The number of fused-ring (bicyclic) bond motifs is 1. The molecule has 0 spiro atoms. The van der Waals surface area contributed by atoms with E-state index < -0.39 is 0 Å². The molecule has 0 amide bonds. The van der Waals surface area contributed by atoms with Crippen LogP contribution in [0.3, 0.4) is 0 Å². The number of nitrogens with one attached hydrogen (secondary N) is 1. The molecule has 1 aromatic heterocycles. The zero-order valence-electron chi connectivity index (χ0n) is 10.1. The van der Waals surface area contributed by atoms with Gasteiger partial charge in [0.15, 0.2) is 0 Å². The van der Waals surface area contributed by atoms with Crippen molar-refractivity contribution in [1.29, 1.82) is 0 Å². The molecule has 3 aromatic rings. The van der Waals surface area contributed by atoms with Crippen LogP contribution in [0.25, 0.3) is 10.9 Å². The lowest BCUT2D eigenvalue weighted by molar-refractivity contribution is 0.476. The number of benzene rings is 2. The molecule has 2 aromatic carbocycles. The lowest BCUT2D eigenvalue weighted by atomic mass is 10.1. The minimum atomic E-state index is -0.230. The van der Waals surface area contributed by atoms with Gasteiger partial charge in [-0.2, -0.15) is 0 Å². The van der Waals surface area contributed by atoms with Crippen molar-refractivity contribution in [2.24, 2.45) is 0 Å². The van der Waals surface area contributed by atoms with Crippen LogP contribution < -0.4 is 5.56 Å². The van der Waals surface area contributed by atoms with E-state index in [-0.39, 0.29) is 11.3 Å². The first kappa shape index (κ1) is 11.5. The summed E-state index contributed by atoms with van der Waals surface area (Å²) < 4.78 is 0. The van der Waals surface area contributed by atoms with Gasteiger partial charge in [0.2, 0.25) is 0 Å². The first-order valence-electron chi connectivity index (χ1n) is 5.98. The molecule has 0 fully saturated rings. The van der Waals surface area contributed by atoms with Crippen LogP contribution in [0.5, 0.6) is 5.75 Å². The maximum atomic E-state index is 11.9. The molecule has 0 bridgehead atoms. The molecule has 0 aliphatic carbocycles. The molecule has 0 aliphatic heterocycles. The Labute approximate surface area is 109 Å². The maximum absolute atomic E-state index is 11.9. The number of H-pyrrole nitrogens is 1. The summed E-state index contributed by atoms with van der Waals surface area (Å²) in [5.74, 6) is 0.685. The summed E-state index contributed by atoms with van der Waals surface area (Å²) in [4.78, 5) is 19.1. The standard InChI is InChI=1S/C15H12N2O2/c18-11-6-7-13-12(9-11)15(19)17-14(16-13)8-10-4-2-1-3-5-10/h1-7,9,18H,8H2,(H,16,17,19). The largest absolute Gasteiger partial charge is 0.508 e. The number of phenols is 1. The van der Waals surface area contributed by atoms with E-state index in [0.29, 0.717) is 23.1 Å². The smallest absolute Gasteiger partial charge is 0.258 e. The summed E-state index contributed by atoms with van der Waals surface area (Å²) in [6, 6.07) is 14.4. The van der Waals surface area contributed by atoms with Crippen molar-refractivity contribution in [3.8, 4) is 5.75 Å². The molecular weight excluding hydrogens is 240 g/mol. The van der Waals surface area contributed by atoms with Crippen LogP contribution in [0.1, 0.15) is 11.4 Å². The molecule has 0 aliphatic rings. The third kappa shape index (κ3) is 2.33. The normalized spacial score (nSPS) is 10.7. The van der Waals surface area contributed by atoms with Crippen LogP contribution in [-0.2, 0) is 6.42 Å². The number of hydrogen-bond acceptors (Lipinski definition) is 3. The molecule has 94 valence electrons. The van der Waals surface area contributed by atoms with Crippen molar-refractivity contribution in [3.05, 3.63) is 70.3 Å². The molecule has 4 heteroatoms. The van der Waals surface area contributed by atoms with Gasteiger partial charge >= 0.3 is 0 Å². The Hall–Kier alpha value is -2.62. The van der Waals surface area contributed by atoms with Crippen LogP contribution in [0, 0.1) is 0 Å². The van der Waals surface area contributed by atoms with Crippen LogP contribution in [0.4, 0.5) is 0 Å². The monoisotopic (exact) mass is 252 g/mol. The maximum Gasteiger partial charge on any atom is 0.258 e. The molecule has 1 heterocycles. The third-order valence-corrected chi connectivity index (χ3v) is 2.95. The van der Waals surface area contributed by atoms with Crippen molar-refractivity contribution in [3.63, 3.8) is 0 Å². The minimum Gasteiger partial charge on any atom is -0.508 e. The Balaban J connectivity index is 2.07. The van der Waals surface area contributed by atoms with Crippen molar-refractivity contribution < 1.29 is 5.11 Å². The Kier molecular flexibility index (Phi) is 2.76. The first-order chi connectivity index (χ1) is 9.22. The SMILES string of the molecule is O=c1[nH]c(Cc2ccccc2)nc2ccc(O)cc12. The zero-order valence-corrected chi connectivity index (χ0v) is 10.1. The fourth-order valence-electron chi connectivity index (χ4n) is 2.05. The summed E-state index contributed by atoms with van der Waals surface area (Å²) in [7, 11) is 0. The highest BCUT2D eigenvalue weighted by molar-refractivity contribution is 5.78. The molecule has 19 heavy (non-hydrogen) atoms. The highest BCUT2D eigenvalue weighted by Gasteiger charge is 2.05. The molecule has 0 saturated carbocycles. The van der Waals surface area contributed by atoms with Gasteiger partial charge in [-0.25, -0.2) is 4.98 Å². The van der Waals surface area contributed by atoms with E-state index in [1.165, 1.54) is 12.1 Å². The molecule has 0 radical (unpaired) electrons. The number of hydrogen-bond donors (Lipinski definition) is 2. The van der Waals surface area contributed by atoms with Gasteiger partial charge in [-0.1, -0.05) is 30.3 Å². The van der Waals surface area contributed by atoms with Crippen molar-refractivity contribution in [2.45, 2.75) is 6.42 Å². The molecule has 3 rings (SSSR count). The second kappa shape index (κ2) is 4.57. The average molecular weight is 252 g/mol. The highest BCUT2D eigenvalue weighted by Crippen LogP contribution is 2.15. The van der Waals surface area contributed by atoms with E-state index in [4.69, 9.17) is 0 Å². The van der Waals surface area contributed by atoms with E-state index >= 15 is 0 Å². The van der Waals surface area contributed by atoms with E-state index in [1.807, 2.05) is 30.3 Å². The van der Waals surface area contributed by atoms with Gasteiger partial charge < -0.3 is 10.1 Å². The lowest BCUT2D eigenvalue weighted by Gasteiger charge is -2.03. The molecule has 0 unspecified atom stereocenters. The van der Waals surface area contributed by atoms with Crippen LogP contribution >= 0.6 is 0 Å². The van der Waals surface area contributed by atoms with E-state index in [9.17, 15) is 9.90 Å². The Morgan fingerprint density at radius 2 is 1.89 bits per heavy atom. The Morgan fingerprint density at radius 3 is 2.68 bits per heavy atom. The van der Waals surface area contributed by atoms with Gasteiger partial charge in [0.25, 0.3) is 5.56 Å². The van der Waals surface area contributed by atoms with Crippen LogP contribution in [-0.4, -0.2) is 15.1 Å². The summed E-state index contributed by atoms with van der Waals surface area (Å²) in [5.41, 5.74) is 1.45. The predicted molar refractivity (Wildman–Crippen MR) is 73.3 cm³/mol. The van der Waals surface area contributed by atoms with Gasteiger partial charge in [-0.3, -0.25) is 4.79 Å². The number of aromatic hydroxyl groups is 1. The van der Waals surface area contributed by atoms with Gasteiger partial charge in [0.05, 0.1) is 10.9 Å². The molecule has 2 N–H and O–H groups in total. The summed E-state index contributed by atoms with van der Waals surface area (Å²) in [6.45, 7) is 0. The van der Waals surface area contributed by atoms with Gasteiger partial charge in [0, 0.05) is 6.42 Å². The lowest BCUT2D eigenvalue weighted by Crippen LogP contribution is -2.12. The second-order valence-corrected chi connectivity index (χ2v) is 4.38. The van der Waals surface area contributed by atoms with Gasteiger partial charge in [0.1, 0.15) is 11.6 Å². The van der Waals surface area contributed by atoms with E-state index in [0.717, 1.165) is 5.56 Å². The number of phenolic OH excluding ortho intramolecular Hbond substituents is 1. The number of nitrogens with zero attached hydrogens (tertiary/aromatic N) is 1. The second-order valence-electron chi connectivity index (χ2n) is 4.38. The van der Waals surface area contributed by atoms with Crippen molar-refractivity contribution in [1.82, 2.24) is 9.97 Å². The van der Waals surface area contributed by atoms with Crippen molar-refractivity contribution in [2.75, 3.05) is 0 Å². The van der Waals surface area contributed by atoms with Gasteiger partial charge in [-0.05, 0) is 23.8 Å². The predicted octanol–water partition coefficient (Wildman–Crippen LogP) is 2.22. The fraction of sp³-hybridized carbons (Fsp3) is 0.0667. The highest BCUT2D eigenvalue weighted by atomic mass is 16.3. The minimum absolute atomic E-state index is 0.0654. The summed E-state index contributed by atoms with van der Waals surface area (Å²) in [6.07, 6.45) is 0.576. The first-order valence-corrected chi connectivity index (χ1v) is 5.98. The zero-order chi connectivity index (χ0) is 13.2. The Morgan fingerprint density at radius 1 is 1.11 bits per heavy atom. The Bertz CT molecular complexity index is 779. The number of rotatable bonds is 2.